The number of nitrogens with zero attached hydrogens (tertiary/aromatic N) is 1. The lowest BCUT2D eigenvalue weighted by molar-refractivity contribution is -0.0644. The van der Waals surface area contributed by atoms with Gasteiger partial charge in [-0.2, -0.15) is 0 Å². The SMILES string of the molecule is O=C(c1ccc(Br)s1)N(O)Cc1ccccc1. The fourth-order valence-electron chi connectivity index (χ4n) is 1.38. The summed E-state index contributed by atoms with van der Waals surface area (Å²) in [5, 5.41) is 10.4. The number of amides is 1. The highest BCUT2D eigenvalue weighted by Crippen LogP contribution is 2.23. The molecule has 0 aliphatic carbocycles. The van der Waals surface area contributed by atoms with Crippen molar-refractivity contribution < 1.29 is 10.0 Å². The fourth-order valence-corrected chi connectivity index (χ4v) is 2.71. The Bertz CT molecular complexity index is 512. The minimum Gasteiger partial charge on any atom is -0.285 e. The first-order valence-electron chi connectivity index (χ1n) is 4.97. The van der Waals surface area contributed by atoms with Gasteiger partial charge < -0.3 is 0 Å². The molecule has 1 amide bonds. The van der Waals surface area contributed by atoms with Crippen molar-refractivity contribution >= 4 is 33.2 Å². The molecule has 2 rings (SSSR count). The van der Waals surface area contributed by atoms with Crippen LogP contribution in [0.1, 0.15) is 15.2 Å². The van der Waals surface area contributed by atoms with Gasteiger partial charge in [0.15, 0.2) is 0 Å². The molecule has 0 aliphatic heterocycles. The molecule has 1 aromatic heterocycles. The summed E-state index contributed by atoms with van der Waals surface area (Å²) < 4.78 is 0.869. The van der Waals surface area contributed by atoms with Crippen LogP contribution in [0.25, 0.3) is 0 Å². The molecule has 0 bridgehead atoms. The lowest BCUT2D eigenvalue weighted by Gasteiger charge is -2.13. The highest BCUT2D eigenvalue weighted by molar-refractivity contribution is 9.11. The molecule has 17 heavy (non-hydrogen) atoms. The summed E-state index contributed by atoms with van der Waals surface area (Å²) in [5.41, 5.74) is 0.888. The number of hydrogen-bond donors (Lipinski definition) is 1. The van der Waals surface area contributed by atoms with Crippen LogP contribution in [-0.4, -0.2) is 16.2 Å². The van der Waals surface area contributed by atoms with Gasteiger partial charge >= 0.3 is 0 Å². The van der Waals surface area contributed by atoms with Gasteiger partial charge in [-0.3, -0.25) is 10.0 Å². The molecule has 0 fully saturated rings. The van der Waals surface area contributed by atoms with Gasteiger partial charge in [-0.15, -0.1) is 11.3 Å². The summed E-state index contributed by atoms with van der Waals surface area (Å²) in [6.07, 6.45) is 0. The second-order valence-corrected chi connectivity index (χ2v) is 5.92. The maximum absolute atomic E-state index is 11.8. The fraction of sp³-hybridized carbons (Fsp3) is 0.0833. The molecular formula is C12H10BrNO2S. The van der Waals surface area contributed by atoms with E-state index in [4.69, 9.17) is 0 Å². The molecule has 3 nitrogen and oxygen atoms in total. The summed E-state index contributed by atoms with van der Waals surface area (Å²) in [4.78, 5) is 12.3. The molecule has 1 aromatic carbocycles. The van der Waals surface area contributed by atoms with Gasteiger partial charge in [0.05, 0.1) is 15.2 Å². The number of hydrogen-bond acceptors (Lipinski definition) is 3. The number of thiophene rings is 1. The zero-order valence-corrected chi connectivity index (χ0v) is 11.2. The highest BCUT2D eigenvalue weighted by atomic mass is 79.9. The van der Waals surface area contributed by atoms with Gasteiger partial charge in [0, 0.05) is 0 Å². The number of hydroxylamine groups is 2. The van der Waals surface area contributed by atoms with Crippen molar-refractivity contribution in [1.82, 2.24) is 5.06 Å². The van der Waals surface area contributed by atoms with Crippen LogP contribution in [0.4, 0.5) is 0 Å². The summed E-state index contributed by atoms with van der Waals surface area (Å²) in [6.45, 7) is 0.190. The summed E-state index contributed by atoms with van der Waals surface area (Å²) >= 11 is 4.58. The van der Waals surface area contributed by atoms with Crippen molar-refractivity contribution in [2.45, 2.75) is 6.54 Å². The first kappa shape index (κ1) is 12.3. The molecule has 88 valence electrons. The van der Waals surface area contributed by atoms with Crippen molar-refractivity contribution in [3.05, 3.63) is 56.7 Å². The monoisotopic (exact) mass is 311 g/mol. The average Bonchev–Trinajstić information content (AvgIpc) is 2.76. The van der Waals surface area contributed by atoms with E-state index >= 15 is 0 Å². The second kappa shape index (κ2) is 5.44. The molecule has 0 radical (unpaired) electrons. The van der Waals surface area contributed by atoms with Crippen molar-refractivity contribution in [2.75, 3.05) is 0 Å². The third-order valence-electron chi connectivity index (χ3n) is 2.19. The summed E-state index contributed by atoms with van der Waals surface area (Å²) in [7, 11) is 0. The van der Waals surface area contributed by atoms with E-state index in [0.29, 0.717) is 4.88 Å². The largest absolute Gasteiger partial charge is 0.287 e. The number of halogens is 1. The third kappa shape index (κ3) is 3.15. The Morgan fingerprint density at radius 2 is 1.94 bits per heavy atom. The number of rotatable bonds is 3. The Balaban J connectivity index is 2.06. The van der Waals surface area contributed by atoms with Crippen LogP contribution in [-0.2, 0) is 6.54 Å². The van der Waals surface area contributed by atoms with Crippen molar-refractivity contribution in [3.8, 4) is 0 Å². The quantitative estimate of drug-likeness (QED) is 0.695. The zero-order valence-electron chi connectivity index (χ0n) is 8.84. The number of benzene rings is 1. The van der Waals surface area contributed by atoms with E-state index in [0.717, 1.165) is 14.4 Å². The Labute approximate surface area is 111 Å². The van der Waals surface area contributed by atoms with Crippen LogP contribution in [0.5, 0.6) is 0 Å². The number of carbonyl (C=O) groups excluding carboxylic acids is 1. The van der Waals surface area contributed by atoms with E-state index < -0.39 is 0 Å². The molecule has 0 atom stereocenters. The second-order valence-electron chi connectivity index (χ2n) is 3.45. The Morgan fingerprint density at radius 1 is 1.24 bits per heavy atom. The van der Waals surface area contributed by atoms with Crippen LogP contribution < -0.4 is 0 Å². The summed E-state index contributed by atoms with van der Waals surface area (Å²) in [5.74, 6) is -0.385. The standard InChI is InChI=1S/C12H10BrNO2S/c13-11-7-6-10(17-11)12(15)14(16)8-9-4-2-1-3-5-9/h1-7,16H,8H2. The van der Waals surface area contributed by atoms with E-state index in [1.807, 2.05) is 30.3 Å². The molecule has 0 saturated heterocycles. The van der Waals surface area contributed by atoms with Crippen molar-refractivity contribution in [2.24, 2.45) is 0 Å². The van der Waals surface area contributed by atoms with Gasteiger partial charge in [0.1, 0.15) is 0 Å². The first-order valence-corrected chi connectivity index (χ1v) is 6.58. The van der Waals surface area contributed by atoms with E-state index in [9.17, 15) is 10.0 Å². The zero-order chi connectivity index (χ0) is 12.3. The maximum atomic E-state index is 11.8. The molecule has 0 unspecified atom stereocenters. The molecule has 2 aromatic rings. The molecule has 0 spiro atoms. The molecule has 0 saturated carbocycles. The smallest absolute Gasteiger partial charge is 0.285 e. The van der Waals surface area contributed by atoms with E-state index in [1.54, 1.807) is 12.1 Å². The number of carbonyl (C=O) groups is 1. The lowest BCUT2D eigenvalue weighted by Crippen LogP contribution is -2.26. The molecule has 0 aliphatic rings. The normalized spacial score (nSPS) is 10.2. The predicted molar refractivity (Wildman–Crippen MR) is 70.1 cm³/mol. The Kier molecular flexibility index (Phi) is 3.93. The van der Waals surface area contributed by atoms with Crippen LogP contribution >= 0.6 is 27.3 Å². The van der Waals surface area contributed by atoms with Gasteiger partial charge in [-0.1, -0.05) is 30.3 Å². The minimum atomic E-state index is -0.385. The topological polar surface area (TPSA) is 40.5 Å². The lowest BCUT2D eigenvalue weighted by atomic mass is 10.2. The molecule has 1 heterocycles. The molecular weight excluding hydrogens is 302 g/mol. The summed E-state index contributed by atoms with van der Waals surface area (Å²) in [6, 6.07) is 12.8. The predicted octanol–water partition coefficient (Wildman–Crippen LogP) is 3.54. The van der Waals surface area contributed by atoms with Gasteiger partial charge in [-0.05, 0) is 33.6 Å². The molecule has 5 heteroatoms. The van der Waals surface area contributed by atoms with Gasteiger partial charge in [0.2, 0.25) is 0 Å². The van der Waals surface area contributed by atoms with E-state index in [2.05, 4.69) is 15.9 Å². The van der Waals surface area contributed by atoms with Crippen molar-refractivity contribution in [1.29, 1.82) is 0 Å². The maximum Gasteiger partial charge on any atom is 0.287 e. The van der Waals surface area contributed by atoms with Crippen molar-refractivity contribution in [3.63, 3.8) is 0 Å². The molecule has 1 N–H and O–H groups in total. The third-order valence-corrected chi connectivity index (χ3v) is 3.81. The van der Waals surface area contributed by atoms with Crippen LogP contribution in [0, 0.1) is 0 Å². The average molecular weight is 312 g/mol. The van der Waals surface area contributed by atoms with Gasteiger partial charge in [-0.25, -0.2) is 5.06 Å². The van der Waals surface area contributed by atoms with Gasteiger partial charge in [0.25, 0.3) is 5.91 Å². The van der Waals surface area contributed by atoms with Crippen LogP contribution in [0.15, 0.2) is 46.3 Å². The van der Waals surface area contributed by atoms with Crippen LogP contribution in [0.3, 0.4) is 0 Å². The first-order chi connectivity index (χ1) is 8.16. The van der Waals surface area contributed by atoms with E-state index in [1.165, 1.54) is 11.3 Å². The Morgan fingerprint density at radius 3 is 2.53 bits per heavy atom. The highest BCUT2D eigenvalue weighted by Gasteiger charge is 2.15. The van der Waals surface area contributed by atoms with Crippen LogP contribution in [0.2, 0.25) is 0 Å². The minimum absolute atomic E-state index is 0.190. The van der Waals surface area contributed by atoms with E-state index in [-0.39, 0.29) is 12.5 Å². The Hall–Kier alpha value is -1.17.